The average Bonchev–Trinajstić information content (AvgIpc) is 2.21. The fraction of sp³-hybridized carbons (Fsp3) is 0.900. The van der Waals surface area contributed by atoms with E-state index in [4.69, 9.17) is 5.11 Å². The molecule has 0 aromatic heterocycles. The predicted molar refractivity (Wildman–Crippen MR) is 54.1 cm³/mol. The van der Waals surface area contributed by atoms with Crippen LogP contribution in [-0.4, -0.2) is 36.3 Å². The minimum absolute atomic E-state index is 0.115. The maximum absolute atomic E-state index is 12.6. The summed E-state index contributed by atoms with van der Waals surface area (Å²) in [5, 5.41) is 10.2. The third-order valence-corrected chi connectivity index (χ3v) is 2.38. The van der Waals surface area contributed by atoms with Crippen molar-refractivity contribution in [2.24, 2.45) is 5.41 Å². The number of rotatable bonds is 6. The van der Waals surface area contributed by atoms with Gasteiger partial charge in [-0.05, 0) is 18.3 Å². The van der Waals surface area contributed by atoms with Crippen LogP contribution in [0.4, 0.5) is 22.0 Å². The Kier molecular flexibility index (Phi) is 5.52. The summed E-state index contributed by atoms with van der Waals surface area (Å²) in [6, 6.07) is 0. The van der Waals surface area contributed by atoms with Gasteiger partial charge in [-0.15, -0.1) is 0 Å². The summed E-state index contributed by atoms with van der Waals surface area (Å²) in [5.41, 5.74) is -0.667. The van der Waals surface area contributed by atoms with E-state index in [9.17, 15) is 26.7 Å². The molecular weight excluding hydrogens is 261 g/mol. The molecule has 0 aliphatic heterocycles. The van der Waals surface area contributed by atoms with Gasteiger partial charge >= 0.3 is 12.1 Å². The first-order valence-electron chi connectivity index (χ1n) is 5.28. The molecule has 8 heteroatoms. The topological polar surface area (TPSA) is 49.3 Å². The lowest BCUT2D eigenvalue weighted by atomic mass is 9.88. The molecule has 0 saturated heterocycles. The first kappa shape index (κ1) is 17.1. The lowest BCUT2D eigenvalue weighted by Gasteiger charge is -2.26. The van der Waals surface area contributed by atoms with E-state index in [1.165, 1.54) is 0 Å². The number of halogens is 5. The van der Waals surface area contributed by atoms with Gasteiger partial charge in [0.1, 0.15) is 0 Å². The number of nitrogens with one attached hydrogen (secondary N) is 1. The zero-order valence-corrected chi connectivity index (χ0v) is 10.1. The molecule has 2 N–H and O–H groups in total. The molecule has 0 aliphatic rings. The Morgan fingerprint density at radius 3 is 2.06 bits per heavy atom. The molecular formula is C10H16F5NO2. The van der Waals surface area contributed by atoms with Gasteiger partial charge in [-0.1, -0.05) is 13.8 Å². The van der Waals surface area contributed by atoms with E-state index in [-0.39, 0.29) is 13.2 Å². The molecule has 0 atom stereocenters. The van der Waals surface area contributed by atoms with Crippen LogP contribution in [0.15, 0.2) is 0 Å². The van der Waals surface area contributed by atoms with Gasteiger partial charge in [-0.2, -0.15) is 22.0 Å². The van der Waals surface area contributed by atoms with Crippen LogP contribution in [0.25, 0.3) is 0 Å². The summed E-state index contributed by atoms with van der Waals surface area (Å²) < 4.78 is 60.7. The molecule has 0 aromatic carbocycles. The SMILES string of the molecule is CC(C)(CCCO)CNC(=O)C(F)(F)C(F)(F)F. The van der Waals surface area contributed by atoms with Crippen molar-refractivity contribution in [2.45, 2.75) is 38.8 Å². The molecule has 1 amide bonds. The van der Waals surface area contributed by atoms with Crippen molar-refractivity contribution in [3.8, 4) is 0 Å². The van der Waals surface area contributed by atoms with Gasteiger partial charge < -0.3 is 10.4 Å². The molecule has 0 heterocycles. The number of hydrogen-bond acceptors (Lipinski definition) is 2. The minimum Gasteiger partial charge on any atom is -0.396 e. The molecule has 0 aliphatic carbocycles. The summed E-state index contributed by atoms with van der Waals surface area (Å²) in [6.45, 7) is 2.75. The number of alkyl halides is 5. The zero-order chi connectivity index (χ0) is 14.6. The lowest BCUT2D eigenvalue weighted by Crippen LogP contribution is -2.52. The van der Waals surface area contributed by atoms with Crippen LogP contribution in [0, 0.1) is 5.41 Å². The van der Waals surface area contributed by atoms with E-state index in [1.807, 2.05) is 0 Å². The second-order valence-corrected chi connectivity index (χ2v) is 4.75. The van der Waals surface area contributed by atoms with E-state index in [2.05, 4.69) is 0 Å². The minimum atomic E-state index is -5.90. The molecule has 3 nitrogen and oxygen atoms in total. The van der Waals surface area contributed by atoms with Crippen LogP contribution in [0.1, 0.15) is 26.7 Å². The molecule has 0 fully saturated rings. The lowest BCUT2D eigenvalue weighted by molar-refractivity contribution is -0.269. The molecule has 0 spiro atoms. The Bertz CT molecular complexity index is 288. The maximum Gasteiger partial charge on any atom is 0.463 e. The number of hydrogen-bond donors (Lipinski definition) is 2. The molecule has 0 aromatic rings. The van der Waals surface area contributed by atoms with Crippen molar-refractivity contribution in [1.29, 1.82) is 0 Å². The summed E-state index contributed by atoms with van der Waals surface area (Å²) in [5.74, 6) is -7.74. The highest BCUT2D eigenvalue weighted by Crippen LogP contribution is 2.35. The summed E-state index contributed by atoms with van der Waals surface area (Å²) in [6.07, 6.45) is -5.13. The first-order chi connectivity index (χ1) is 7.94. The van der Waals surface area contributed by atoms with E-state index in [0.717, 1.165) is 0 Å². The van der Waals surface area contributed by atoms with Gasteiger partial charge in [-0.25, -0.2) is 0 Å². The third kappa shape index (κ3) is 4.75. The quantitative estimate of drug-likeness (QED) is 0.730. The number of aliphatic hydroxyl groups excluding tert-OH is 1. The molecule has 18 heavy (non-hydrogen) atoms. The van der Waals surface area contributed by atoms with Gasteiger partial charge in [0.15, 0.2) is 0 Å². The van der Waals surface area contributed by atoms with Crippen molar-refractivity contribution in [3.05, 3.63) is 0 Å². The maximum atomic E-state index is 12.6. The predicted octanol–water partition coefficient (Wildman–Crippen LogP) is 2.10. The van der Waals surface area contributed by atoms with Gasteiger partial charge in [0.25, 0.3) is 5.91 Å². The summed E-state index contributed by atoms with van der Waals surface area (Å²) in [4.78, 5) is 10.8. The van der Waals surface area contributed by atoms with Crippen LogP contribution in [0.5, 0.6) is 0 Å². The monoisotopic (exact) mass is 277 g/mol. The Balaban J connectivity index is 4.43. The molecule has 0 rings (SSSR count). The summed E-state index contributed by atoms with van der Waals surface area (Å²) in [7, 11) is 0. The Morgan fingerprint density at radius 2 is 1.67 bits per heavy atom. The van der Waals surface area contributed by atoms with Crippen LogP contribution >= 0.6 is 0 Å². The highest BCUT2D eigenvalue weighted by molar-refractivity contribution is 5.84. The Morgan fingerprint density at radius 1 is 1.17 bits per heavy atom. The second-order valence-electron chi connectivity index (χ2n) is 4.75. The number of carbonyl (C=O) groups is 1. The fourth-order valence-electron chi connectivity index (χ4n) is 1.21. The largest absolute Gasteiger partial charge is 0.463 e. The van der Waals surface area contributed by atoms with Crippen LogP contribution < -0.4 is 5.32 Å². The van der Waals surface area contributed by atoms with Crippen molar-refractivity contribution in [3.63, 3.8) is 0 Å². The third-order valence-electron chi connectivity index (χ3n) is 2.38. The molecule has 108 valence electrons. The van der Waals surface area contributed by atoms with Gasteiger partial charge in [0.05, 0.1) is 0 Å². The van der Waals surface area contributed by atoms with Gasteiger partial charge in [0, 0.05) is 13.2 Å². The van der Waals surface area contributed by atoms with Gasteiger partial charge in [0.2, 0.25) is 0 Å². The van der Waals surface area contributed by atoms with E-state index in [0.29, 0.717) is 12.8 Å². The van der Waals surface area contributed by atoms with Crippen LogP contribution in [0.3, 0.4) is 0 Å². The van der Waals surface area contributed by atoms with E-state index < -0.39 is 23.4 Å². The highest BCUT2D eigenvalue weighted by atomic mass is 19.4. The normalized spacial score (nSPS) is 13.6. The van der Waals surface area contributed by atoms with Crippen molar-refractivity contribution in [1.82, 2.24) is 5.32 Å². The molecule has 0 saturated carbocycles. The van der Waals surface area contributed by atoms with Crippen molar-refractivity contribution >= 4 is 5.91 Å². The standard InChI is InChI=1S/C10H16F5NO2/c1-8(2,4-3-5-17)6-16-7(18)9(11,12)10(13,14)15/h17H,3-6H2,1-2H3,(H,16,18). The molecule has 0 unspecified atom stereocenters. The molecule has 0 bridgehead atoms. The zero-order valence-electron chi connectivity index (χ0n) is 10.1. The Labute approximate surface area is 101 Å². The number of amides is 1. The second kappa shape index (κ2) is 5.81. The number of carbonyl (C=O) groups excluding carboxylic acids is 1. The Hall–Kier alpha value is -0.920. The van der Waals surface area contributed by atoms with Gasteiger partial charge in [-0.3, -0.25) is 4.79 Å². The van der Waals surface area contributed by atoms with E-state index in [1.54, 1.807) is 19.2 Å². The fourth-order valence-corrected chi connectivity index (χ4v) is 1.21. The average molecular weight is 277 g/mol. The van der Waals surface area contributed by atoms with Crippen LogP contribution in [-0.2, 0) is 4.79 Å². The van der Waals surface area contributed by atoms with E-state index >= 15 is 0 Å². The van der Waals surface area contributed by atoms with Crippen molar-refractivity contribution < 1.29 is 31.9 Å². The smallest absolute Gasteiger partial charge is 0.396 e. The summed E-state index contributed by atoms with van der Waals surface area (Å²) >= 11 is 0. The molecule has 0 radical (unpaired) electrons. The first-order valence-corrected chi connectivity index (χ1v) is 5.28. The number of aliphatic hydroxyl groups is 1. The van der Waals surface area contributed by atoms with Crippen LogP contribution in [0.2, 0.25) is 0 Å². The van der Waals surface area contributed by atoms with Crippen molar-refractivity contribution in [2.75, 3.05) is 13.2 Å². The highest BCUT2D eigenvalue weighted by Gasteiger charge is 2.63.